The van der Waals surface area contributed by atoms with E-state index in [0.717, 1.165) is 54.8 Å². The van der Waals surface area contributed by atoms with Crippen molar-refractivity contribution in [3.63, 3.8) is 0 Å². The predicted molar refractivity (Wildman–Crippen MR) is 109 cm³/mol. The van der Waals surface area contributed by atoms with Crippen LogP contribution in [0.4, 0.5) is 5.69 Å². The molecule has 0 radical (unpaired) electrons. The molecule has 0 aromatic heterocycles. The van der Waals surface area contributed by atoms with Crippen molar-refractivity contribution in [1.82, 2.24) is 9.80 Å². The Morgan fingerprint density at radius 2 is 1.68 bits per heavy atom. The fourth-order valence-corrected chi connectivity index (χ4v) is 3.65. The minimum atomic E-state index is -0.759. The first-order valence-corrected chi connectivity index (χ1v) is 9.60. The number of hydrogen-bond acceptors (Lipinski definition) is 5. The van der Waals surface area contributed by atoms with Crippen LogP contribution in [0, 0.1) is 5.41 Å². The van der Waals surface area contributed by atoms with Crippen molar-refractivity contribution in [2.75, 3.05) is 32.7 Å². The number of aliphatic carboxylic acids is 1. The van der Waals surface area contributed by atoms with Gasteiger partial charge in [-0.1, -0.05) is 24.3 Å². The highest BCUT2D eigenvalue weighted by Crippen LogP contribution is 2.37. The van der Waals surface area contributed by atoms with Gasteiger partial charge in [0.1, 0.15) is 17.3 Å². The second-order valence-electron chi connectivity index (χ2n) is 7.95. The van der Waals surface area contributed by atoms with Gasteiger partial charge in [-0.3, -0.25) is 9.69 Å². The third kappa shape index (κ3) is 3.60. The second-order valence-corrected chi connectivity index (χ2v) is 7.95. The SMILES string of the molecule is CC(C)(CN1CCN(C2=Nc3ccccc3Oc3ccccc32)CC1)C(=O)O. The van der Waals surface area contributed by atoms with Crippen LogP contribution in [0.15, 0.2) is 53.5 Å². The molecule has 0 bridgehead atoms. The molecular formula is C22H25N3O3. The highest BCUT2D eigenvalue weighted by molar-refractivity contribution is 6.03. The third-order valence-corrected chi connectivity index (χ3v) is 5.31. The number of rotatable bonds is 3. The number of carboxylic acids is 1. The van der Waals surface area contributed by atoms with Gasteiger partial charge in [0.25, 0.3) is 0 Å². The number of amidine groups is 1. The standard InChI is InChI=1S/C22H25N3O3/c1-22(2,21(26)27)15-24-11-13-25(14-12-24)20-16-7-3-5-9-18(16)28-19-10-6-4-8-17(19)23-20/h3-10H,11-15H2,1-2H3,(H,26,27). The van der Waals surface area contributed by atoms with Gasteiger partial charge >= 0.3 is 5.97 Å². The van der Waals surface area contributed by atoms with E-state index in [1.807, 2.05) is 48.5 Å². The summed E-state index contributed by atoms with van der Waals surface area (Å²) in [4.78, 5) is 20.9. The molecule has 6 heteroatoms. The zero-order chi connectivity index (χ0) is 19.7. The maximum absolute atomic E-state index is 11.4. The molecule has 1 fully saturated rings. The van der Waals surface area contributed by atoms with Crippen LogP contribution in [-0.4, -0.2) is 59.4 Å². The summed E-state index contributed by atoms with van der Waals surface area (Å²) in [5.41, 5.74) is 1.06. The van der Waals surface area contributed by atoms with Crippen LogP contribution in [0.1, 0.15) is 19.4 Å². The number of para-hydroxylation sites is 3. The number of fused-ring (bicyclic) bond motifs is 2. The number of nitrogens with zero attached hydrogens (tertiary/aromatic N) is 3. The maximum atomic E-state index is 11.4. The first-order chi connectivity index (χ1) is 13.4. The topological polar surface area (TPSA) is 65.4 Å². The lowest BCUT2D eigenvalue weighted by molar-refractivity contribution is -0.148. The Morgan fingerprint density at radius 3 is 2.39 bits per heavy atom. The molecule has 2 heterocycles. The van der Waals surface area contributed by atoms with Crippen molar-refractivity contribution in [1.29, 1.82) is 0 Å². The summed E-state index contributed by atoms with van der Waals surface area (Å²) in [5.74, 6) is 1.72. The molecule has 0 spiro atoms. The van der Waals surface area contributed by atoms with Gasteiger partial charge in [-0.15, -0.1) is 0 Å². The molecule has 0 saturated carbocycles. The number of carbonyl (C=O) groups is 1. The molecule has 6 nitrogen and oxygen atoms in total. The minimum absolute atomic E-state index is 0.547. The third-order valence-electron chi connectivity index (χ3n) is 5.31. The molecule has 28 heavy (non-hydrogen) atoms. The first kappa shape index (κ1) is 18.5. The molecule has 0 atom stereocenters. The Kier molecular flexibility index (Phi) is 4.81. The van der Waals surface area contributed by atoms with Gasteiger partial charge in [0.2, 0.25) is 0 Å². The van der Waals surface area contributed by atoms with Gasteiger partial charge in [-0.2, -0.15) is 0 Å². The van der Waals surface area contributed by atoms with E-state index in [1.54, 1.807) is 13.8 Å². The van der Waals surface area contributed by atoms with Crippen molar-refractivity contribution >= 4 is 17.5 Å². The monoisotopic (exact) mass is 379 g/mol. The van der Waals surface area contributed by atoms with E-state index in [0.29, 0.717) is 6.54 Å². The number of benzene rings is 2. The largest absolute Gasteiger partial charge is 0.481 e. The summed E-state index contributed by atoms with van der Waals surface area (Å²) in [5, 5.41) is 9.39. The van der Waals surface area contributed by atoms with Crippen LogP contribution in [0.3, 0.4) is 0 Å². The lowest BCUT2D eigenvalue weighted by Crippen LogP contribution is -2.52. The van der Waals surface area contributed by atoms with E-state index in [4.69, 9.17) is 9.73 Å². The smallest absolute Gasteiger partial charge is 0.310 e. The van der Waals surface area contributed by atoms with Gasteiger partial charge in [-0.25, -0.2) is 4.99 Å². The molecule has 4 rings (SSSR count). The Morgan fingerprint density at radius 1 is 1.04 bits per heavy atom. The summed E-state index contributed by atoms with van der Waals surface area (Å²) < 4.78 is 6.12. The fourth-order valence-electron chi connectivity index (χ4n) is 3.65. The Balaban J connectivity index is 1.57. The maximum Gasteiger partial charge on any atom is 0.310 e. The number of aliphatic imine (C=N–C) groups is 1. The summed E-state index contributed by atoms with van der Waals surface area (Å²) in [7, 11) is 0. The highest BCUT2D eigenvalue weighted by Gasteiger charge is 2.32. The molecule has 2 aliphatic heterocycles. The molecule has 0 amide bonds. The summed E-state index contributed by atoms with van der Waals surface area (Å²) in [6, 6.07) is 15.8. The van der Waals surface area contributed by atoms with Crippen LogP contribution < -0.4 is 4.74 Å². The van der Waals surface area contributed by atoms with Crippen molar-refractivity contribution in [3.8, 4) is 11.5 Å². The molecule has 2 aliphatic rings. The number of carboxylic acid groups (broad SMARTS) is 1. The highest BCUT2D eigenvalue weighted by atomic mass is 16.5. The minimum Gasteiger partial charge on any atom is -0.481 e. The average Bonchev–Trinajstić information content (AvgIpc) is 2.85. The Labute approximate surface area is 165 Å². The van der Waals surface area contributed by atoms with E-state index >= 15 is 0 Å². The molecule has 1 N–H and O–H groups in total. The van der Waals surface area contributed by atoms with Crippen molar-refractivity contribution in [3.05, 3.63) is 54.1 Å². The van der Waals surface area contributed by atoms with Crippen LogP contribution in [0.5, 0.6) is 11.5 Å². The van der Waals surface area contributed by atoms with E-state index in [-0.39, 0.29) is 0 Å². The molecule has 2 aromatic rings. The zero-order valence-electron chi connectivity index (χ0n) is 16.3. The summed E-state index contributed by atoms with van der Waals surface area (Å²) in [6.07, 6.45) is 0. The lowest BCUT2D eigenvalue weighted by atomic mass is 9.93. The zero-order valence-corrected chi connectivity index (χ0v) is 16.3. The lowest BCUT2D eigenvalue weighted by Gasteiger charge is -2.38. The molecule has 0 unspecified atom stereocenters. The van der Waals surface area contributed by atoms with E-state index in [1.165, 1.54) is 0 Å². The average molecular weight is 379 g/mol. The van der Waals surface area contributed by atoms with Crippen molar-refractivity contribution in [2.24, 2.45) is 10.4 Å². The van der Waals surface area contributed by atoms with Gasteiger partial charge in [-0.05, 0) is 38.1 Å². The van der Waals surface area contributed by atoms with Crippen molar-refractivity contribution in [2.45, 2.75) is 13.8 Å². The van der Waals surface area contributed by atoms with Crippen LogP contribution in [0.2, 0.25) is 0 Å². The molecule has 146 valence electrons. The molecule has 1 saturated heterocycles. The second kappa shape index (κ2) is 7.28. The number of hydrogen-bond donors (Lipinski definition) is 1. The van der Waals surface area contributed by atoms with Gasteiger partial charge < -0.3 is 14.7 Å². The van der Waals surface area contributed by atoms with E-state index in [9.17, 15) is 9.90 Å². The predicted octanol–water partition coefficient (Wildman–Crippen LogP) is 3.60. The van der Waals surface area contributed by atoms with Gasteiger partial charge in [0, 0.05) is 32.7 Å². The van der Waals surface area contributed by atoms with E-state index < -0.39 is 11.4 Å². The summed E-state index contributed by atoms with van der Waals surface area (Å²) >= 11 is 0. The van der Waals surface area contributed by atoms with Crippen LogP contribution in [-0.2, 0) is 4.79 Å². The van der Waals surface area contributed by atoms with Gasteiger partial charge in [0.15, 0.2) is 5.75 Å². The first-order valence-electron chi connectivity index (χ1n) is 9.60. The fraction of sp³-hybridized carbons (Fsp3) is 0.364. The molecule has 0 aliphatic carbocycles. The normalized spacial score (nSPS) is 17.1. The molecule has 2 aromatic carbocycles. The van der Waals surface area contributed by atoms with Crippen LogP contribution in [0.25, 0.3) is 0 Å². The number of ether oxygens (including phenoxy) is 1. The Bertz CT molecular complexity index is 915. The van der Waals surface area contributed by atoms with Gasteiger partial charge in [0.05, 0.1) is 11.0 Å². The van der Waals surface area contributed by atoms with Crippen LogP contribution >= 0.6 is 0 Å². The summed E-state index contributed by atoms with van der Waals surface area (Å²) in [6.45, 7) is 7.31. The number of piperazine rings is 1. The van der Waals surface area contributed by atoms with E-state index in [2.05, 4.69) is 9.80 Å². The van der Waals surface area contributed by atoms with Crippen molar-refractivity contribution < 1.29 is 14.6 Å². The quantitative estimate of drug-likeness (QED) is 0.883. The Hall–Kier alpha value is -2.86. The molecular weight excluding hydrogens is 354 g/mol.